The Balaban J connectivity index is 1.48. The molecule has 0 aromatic carbocycles. The van der Waals surface area contributed by atoms with Gasteiger partial charge in [0.05, 0.1) is 4.88 Å². The van der Waals surface area contributed by atoms with Gasteiger partial charge in [-0.25, -0.2) is 0 Å². The monoisotopic (exact) mass is 377 g/mol. The van der Waals surface area contributed by atoms with Gasteiger partial charge < -0.3 is 15.1 Å². The molecule has 0 spiro atoms. The molecule has 26 heavy (non-hydrogen) atoms. The van der Waals surface area contributed by atoms with E-state index < -0.39 is 6.04 Å². The van der Waals surface area contributed by atoms with Crippen molar-refractivity contribution in [3.05, 3.63) is 22.4 Å². The maximum Gasteiger partial charge on any atom is 0.261 e. The van der Waals surface area contributed by atoms with Crippen LogP contribution in [-0.4, -0.2) is 60.4 Å². The Morgan fingerprint density at radius 2 is 2.04 bits per heavy atom. The van der Waals surface area contributed by atoms with Crippen molar-refractivity contribution in [2.24, 2.45) is 11.8 Å². The molecular formula is C20H31N3O2S. The number of likely N-dealkylation sites (tertiary alicyclic amines) is 2. The van der Waals surface area contributed by atoms with Crippen LogP contribution in [-0.2, 0) is 4.79 Å². The maximum absolute atomic E-state index is 12.8. The number of hydrogen-bond donors (Lipinski definition) is 1. The van der Waals surface area contributed by atoms with Gasteiger partial charge in [-0.1, -0.05) is 13.0 Å². The molecular weight excluding hydrogens is 346 g/mol. The van der Waals surface area contributed by atoms with Crippen molar-refractivity contribution in [1.82, 2.24) is 15.1 Å². The largest absolute Gasteiger partial charge is 0.341 e. The fourth-order valence-electron chi connectivity index (χ4n) is 4.04. The quantitative estimate of drug-likeness (QED) is 0.858. The van der Waals surface area contributed by atoms with Crippen LogP contribution < -0.4 is 5.32 Å². The van der Waals surface area contributed by atoms with E-state index in [9.17, 15) is 9.59 Å². The predicted octanol–water partition coefficient (Wildman–Crippen LogP) is 2.84. The van der Waals surface area contributed by atoms with Crippen molar-refractivity contribution in [1.29, 1.82) is 0 Å². The Kier molecular flexibility index (Phi) is 6.70. The number of rotatable bonds is 5. The lowest BCUT2D eigenvalue weighted by molar-refractivity contribution is -0.134. The van der Waals surface area contributed by atoms with E-state index in [1.165, 1.54) is 43.7 Å². The van der Waals surface area contributed by atoms with E-state index in [0.717, 1.165) is 32.0 Å². The van der Waals surface area contributed by atoms with E-state index in [4.69, 9.17) is 0 Å². The maximum atomic E-state index is 12.8. The number of thiophene rings is 1. The molecule has 0 bridgehead atoms. The first-order valence-electron chi connectivity index (χ1n) is 9.88. The number of carbonyl (C=O) groups is 2. The lowest BCUT2D eigenvalue weighted by Gasteiger charge is -2.38. The molecule has 5 nitrogen and oxygen atoms in total. The third kappa shape index (κ3) is 5.07. The number of nitrogens with zero attached hydrogens (tertiary/aromatic N) is 2. The minimum atomic E-state index is -0.473. The summed E-state index contributed by atoms with van der Waals surface area (Å²) >= 11 is 1.40. The highest BCUT2D eigenvalue weighted by Crippen LogP contribution is 2.22. The zero-order chi connectivity index (χ0) is 18.5. The molecule has 2 amide bonds. The Morgan fingerprint density at radius 1 is 1.27 bits per heavy atom. The Morgan fingerprint density at radius 3 is 2.73 bits per heavy atom. The fourth-order valence-corrected chi connectivity index (χ4v) is 4.66. The second-order valence-electron chi connectivity index (χ2n) is 7.95. The SMILES string of the molecule is CC1CCN(C[C@H]2CCCN(C(=O)[C@@H](C)NC(=O)c3cccs3)C2)CC1. The Bertz CT molecular complexity index is 596. The topological polar surface area (TPSA) is 52.6 Å². The van der Waals surface area contributed by atoms with Crippen molar-refractivity contribution in [3.63, 3.8) is 0 Å². The second-order valence-corrected chi connectivity index (χ2v) is 8.90. The van der Waals surface area contributed by atoms with Gasteiger partial charge in [-0.05, 0) is 69.0 Å². The molecule has 6 heteroatoms. The third-order valence-corrected chi connectivity index (χ3v) is 6.55. The van der Waals surface area contributed by atoms with Crippen LogP contribution in [0.4, 0.5) is 0 Å². The molecule has 3 rings (SSSR count). The van der Waals surface area contributed by atoms with Gasteiger partial charge in [-0.2, -0.15) is 0 Å². The average Bonchev–Trinajstić information content (AvgIpc) is 3.18. The van der Waals surface area contributed by atoms with E-state index in [1.807, 2.05) is 16.3 Å². The van der Waals surface area contributed by atoms with Crippen molar-refractivity contribution in [3.8, 4) is 0 Å². The third-order valence-electron chi connectivity index (χ3n) is 5.69. The summed E-state index contributed by atoms with van der Waals surface area (Å²) in [5.74, 6) is 1.30. The molecule has 2 saturated heterocycles. The second kappa shape index (κ2) is 9.00. The van der Waals surface area contributed by atoms with Gasteiger partial charge in [0.25, 0.3) is 5.91 Å². The Hall–Kier alpha value is -1.40. The summed E-state index contributed by atoms with van der Waals surface area (Å²) in [6.07, 6.45) is 4.85. The molecule has 144 valence electrons. The standard InChI is InChI=1S/C20H31N3O2S/c1-15-7-10-22(11-8-15)13-17-5-3-9-23(14-17)20(25)16(2)21-19(24)18-6-4-12-26-18/h4,6,12,15-17H,3,5,7-11,13-14H2,1-2H3,(H,21,24)/t16-,17-/m1/s1. The molecule has 1 aromatic heterocycles. The minimum absolute atomic E-state index is 0.0480. The highest BCUT2D eigenvalue weighted by atomic mass is 32.1. The number of carbonyl (C=O) groups excluding carboxylic acids is 2. The van der Waals surface area contributed by atoms with Gasteiger partial charge in [0.2, 0.25) is 5.91 Å². The van der Waals surface area contributed by atoms with Gasteiger partial charge in [-0.15, -0.1) is 11.3 Å². The highest BCUT2D eigenvalue weighted by molar-refractivity contribution is 7.12. The van der Waals surface area contributed by atoms with E-state index in [-0.39, 0.29) is 11.8 Å². The molecule has 2 aliphatic rings. The van der Waals surface area contributed by atoms with Gasteiger partial charge in [-0.3, -0.25) is 9.59 Å². The van der Waals surface area contributed by atoms with Crippen molar-refractivity contribution < 1.29 is 9.59 Å². The summed E-state index contributed by atoms with van der Waals surface area (Å²) in [6, 6.07) is 3.16. The van der Waals surface area contributed by atoms with Gasteiger partial charge in [0.15, 0.2) is 0 Å². The van der Waals surface area contributed by atoms with Crippen molar-refractivity contribution in [2.75, 3.05) is 32.7 Å². The minimum Gasteiger partial charge on any atom is -0.341 e. The smallest absolute Gasteiger partial charge is 0.261 e. The molecule has 1 N–H and O–H groups in total. The summed E-state index contributed by atoms with van der Waals surface area (Å²) in [5, 5.41) is 4.72. The molecule has 1 aromatic rings. The van der Waals surface area contributed by atoms with Crippen molar-refractivity contribution >= 4 is 23.2 Å². The number of nitrogens with one attached hydrogen (secondary N) is 1. The number of hydrogen-bond acceptors (Lipinski definition) is 4. The molecule has 0 aliphatic carbocycles. The molecule has 2 aliphatic heterocycles. The van der Waals surface area contributed by atoms with Crippen LogP contribution in [0.5, 0.6) is 0 Å². The molecule has 0 unspecified atom stereocenters. The van der Waals surface area contributed by atoms with Crippen LogP contribution in [0.3, 0.4) is 0 Å². The average molecular weight is 378 g/mol. The zero-order valence-electron chi connectivity index (χ0n) is 15.9. The summed E-state index contributed by atoms with van der Waals surface area (Å²) in [7, 11) is 0. The van der Waals surface area contributed by atoms with Crippen LogP contribution >= 0.6 is 11.3 Å². The predicted molar refractivity (Wildman–Crippen MR) is 105 cm³/mol. The van der Waals surface area contributed by atoms with Crippen molar-refractivity contribution in [2.45, 2.75) is 45.6 Å². The van der Waals surface area contributed by atoms with Crippen LogP contribution in [0, 0.1) is 11.8 Å². The van der Waals surface area contributed by atoms with E-state index in [0.29, 0.717) is 10.8 Å². The highest BCUT2D eigenvalue weighted by Gasteiger charge is 2.29. The van der Waals surface area contributed by atoms with Crippen LogP contribution in [0.2, 0.25) is 0 Å². The van der Waals surface area contributed by atoms with Gasteiger partial charge >= 0.3 is 0 Å². The van der Waals surface area contributed by atoms with Crippen LogP contribution in [0.1, 0.15) is 49.2 Å². The summed E-state index contributed by atoms with van der Waals surface area (Å²) < 4.78 is 0. The van der Waals surface area contributed by atoms with Gasteiger partial charge in [0.1, 0.15) is 6.04 Å². The fraction of sp³-hybridized carbons (Fsp3) is 0.700. The Labute approximate surface area is 160 Å². The van der Waals surface area contributed by atoms with Gasteiger partial charge in [0, 0.05) is 19.6 Å². The van der Waals surface area contributed by atoms with E-state index in [1.54, 1.807) is 13.0 Å². The summed E-state index contributed by atoms with van der Waals surface area (Å²) in [5.41, 5.74) is 0. The van der Waals surface area contributed by atoms with E-state index >= 15 is 0 Å². The molecule has 0 radical (unpaired) electrons. The molecule has 2 fully saturated rings. The molecule has 3 heterocycles. The molecule has 2 atom stereocenters. The first-order chi connectivity index (χ1) is 12.5. The zero-order valence-corrected chi connectivity index (χ0v) is 16.8. The molecule has 0 saturated carbocycles. The van der Waals surface area contributed by atoms with Crippen LogP contribution in [0.25, 0.3) is 0 Å². The lowest BCUT2D eigenvalue weighted by Crippen LogP contribution is -2.51. The first-order valence-corrected chi connectivity index (χ1v) is 10.8. The normalized spacial score (nSPS) is 23.6. The van der Waals surface area contributed by atoms with Crippen LogP contribution in [0.15, 0.2) is 17.5 Å². The summed E-state index contributed by atoms with van der Waals surface area (Å²) in [4.78, 5) is 30.1. The lowest BCUT2D eigenvalue weighted by atomic mass is 9.94. The number of piperidine rings is 2. The van der Waals surface area contributed by atoms with E-state index in [2.05, 4.69) is 17.1 Å². The first kappa shape index (κ1) is 19.4. The number of amides is 2. The summed E-state index contributed by atoms with van der Waals surface area (Å²) in [6.45, 7) is 9.26.